The maximum atomic E-state index is 11.6. The molecule has 7 nitrogen and oxygen atoms in total. The quantitative estimate of drug-likeness (QED) is 0.396. The van der Waals surface area contributed by atoms with Crippen LogP contribution >= 0.6 is 0 Å². The lowest BCUT2D eigenvalue weighted by Gasteiger charge is -2.17. The van der Waals surface area contributed by atoms with Gasteiger partial charge in [0, 0.05) is 23.2 Å². The number of hydrogen-bond donors (Lipinski definition) is 3. The van der Waals surface area contributed by atoms with Gasteiger partial charge in [-0.3, -0.25) is 0 Å². The van der Waals surface area contributed by atoms with Crippen LogP contribution in [0.5, 0.6) is 5.75 Å². The van der Waals surface area contributed by atoms with Gasteiger partial charge < -0.3 is 30.0 Å². The van der Waals surface area contributed by atoms with Crippen molar-refractivity contribution in [1.82, 2.24) is 4.57 Å². The van der Waals surface area contributed by atoms with E-state index >= 15 is 0 Å². The summed E-state index contributed by atoms with van der Waals surface area (Å²) in [5, 5.41) is 21.2. The Kier molecular flexibility index (Phi) is 6.53. The van der Waals surface area contributed by atoms with Crippen LogP contribution in [-0.4, -0.2) is 40.7 Å². The van der Waals surface area contributed by atoms with Gasteiger partial charge in [-0.1, -0.05) is 43.3 Å². The second-order valence-corrected chi connectivity index (χ2v) is 6.74. The third-order valence-electron chi connectivity index (χ3n) is 4.91. The number of nitrogens with two attached hydrogens (primary N) is 1. The Hall–Kier alpha value is -2.87. The molecule has 0 fully saturated rings. The molecule has 0 amide bonds. The zero-order valence-electron chi connectivity index (χ0n) is 16.5. The average molecular weight is 398 g/mol. The van der Waals surface area contributed by atoms with Gasteiger partial charge in [0.15, 0.2) is 6.61 Å². The van der Waals surface area contributed by atoms with E-state index in [0.29, 0.717) is 29.7 Å². The van der Waals surface area contributed by atoms with Crippen molar-refractivity contribution in [1.29, 1.82) is 0 Å². The zero-order valence-corrected chi connectivity index (χ0v) is 16.5. The van der Waals surface area contributed by atoms with E-state index in [0.717, 1.165) is 16.8 Å². The van der Waals surface area contributed by atoms with Gasteiger partial charge in [-0.25, -0.2) is 4.79 Å². The molecule has 7 heteroatoms. The number of benzene rings is 2. The van der Waals surface area contributed by atoms with E-state index < -0.39 is 18.3 Å². The van der Waals surface area contributed by atoms with E-state index in [1.54, 1.807) is 6.07 Å². The van der Waals surface area contributed by atoms with Crippen molar-refractivity contribution < 1.29 is 24.5 Å². The fraction of sp³-hybridized carbons (Fsp3) is 0.318. The number of ether oxygens (including phenoxy) is 2. The van der Waals surface area contributed by atoms with Gasteiger partial charge in [0.1, 0.15) is 18.1 Å². The highest BCUT2D eigenvalue weighted by Crippen LogP contribution is 2.38. The molecule has 4 N–H and O–H groups in total. The Morgan fingerprint density at radius 3 is 2.48 bits per heavy atom. The van der Waals surface area contributed by atoms with Gasteiger partial charge in [-0.15, -0.1) is 0 Å². The molecule has 2 atom stereocenters. The van der Waals surface area contributed by atoms with Gasteiger partial charge in [0.2, 0.25) is 0 Å². The first-order chi connectivity index (χ1) is 14.0. The van der Waals surface area contributed by atoms with E-state index in [4.69, 9.17) is 10.5 Å². The van der Waals surface area contributed by atoms with Crippen LogP contribution < -0.4 is 10.5 Å². The molecule has 0 aliphatic carbocycles. The summed E-state index contributed by atoms with van der Waals surface area (Å²) in [6, 6.07) is 15.4. The summed E-state index contributed by atoms with van der Waals surface area (Å²) in [5.74, 6) is -0.0912. The van der Waals surface area contributed by atoms with Gasteiger partial charge in [-0.05, 0) is 24.1 Å². The monoisotopic (exact) mass is 398 g/mol. The minimum absolute atomic E-state index is 0.262. The van der Waals surface area contributed by atoms with Crippen LogP contribution in [0.3, 0.4) is 0 Å². The Balaban J connectivity index is 2.21. The number of rotatable bonds is 8. The molecule has 2 unspecified atom stereocenters. The van der Waals surface area contributed by atoms with E-state index in [1.165, 1.54) is 7.11 Å². The first-order valence-electron chi connectivity index (χ1n) is 9.47. The third-order valence-corrected chi connectivity index (χ3v) is 4.91. The molecule has 0 saturated heterocycles. The Bertz CT molecular complexity index is 982. The van der Waals surface area contributed by atoms with Crippen LogP contribution in [0.2, 0.25) is 0 Å². The number of carbonyl (C=O) groups excluding carboxylic acids is 1. The average Bonchev–Trinajstić information content (AvgIpc) is 3.05. The molecule has 2 aromatic carbocycles. The van der Waals surface area contributed by atoms with Crippen molar-refractivity contribution in [2.24, 2.45) is 5.73 Å². The fourth-order valence-corrected chi connectivity index (χ4v) is 3.58. The number of methoxy groups -OCH3 is 1. The van der Waals surface area contributed by atoms with Crippen molar-refractivity contribution in [2.75, 3.05) is 13.7 Å². The smallest absolute Gasteiger partial charge is 0.343 e. The fourth-order valence-electron chi connectivity index (χ4n) is 3.58. The van der Waals surface area contributed by atoms with Crippen LogP contribution in [-0.2, 0) is 22.5 Å². The first-order valence-corrected chi connectivity index (χ1v) is 9.47. The molecule has 154 valence electrons. The van der Waals surface area contributed by atoms with Gasteiger partial charge >= 0.3 is 5.97 Å². The standard InChI is InChI=1S/C22H26N2O5/c1-3-15-20(21(26)22(23)27)19-16(24(15)12-14-8-5-4-6-9-14)10-7-11-17(19)29-13-18(25)28-2/h4-11,21-22,26-27H,3,12-13,23H2,1-2H3. The lowest BCUT2D eigenvalue weighted by molar-refractivity contribution is -0.142. The van der Waals surface area contributed by atoms with Crippen molar-refractivity contribution in [3.05, 3.63) is 65.4 Å². The predicted molar refractivity (Wildman–Crippen MR) is 110 cm³/mol. The predicted octanol–water partition coefficient (Wildman–Crippen LogP) is 2.11. The molecule has 3 aromatic rings. The van der Waals surface area contributed by atoms with Crippen molar-refractivity contribution in [2.45, 2.75) is 32.2 Å². The normalized spacial score (nSPS) is 13.3. The van der Waals surface area contributed by atoms with Crippen molar-refractivity contribution in [3.8, 4) is 5.75 Å². The molecule has 3 rings (SSSR count). The summed E-state index contributed by atoms with van der Waals surface area (Å²) >= 11 is 0. The highest BCUT2D eigenvalue weighted by molar-refractivity contribution is 5.92. The Labute approximate surface area is 169 Å². The largest absolute Gasteiger partial charge is 0.481 e. The van der Waals surface area contributed by atoms with E-state index in [-0.39, 0.29) is 6.61 Å². The minimum Gasteiger partial charge on any atom is -0.481 e. The van der Waals surface area contributed by atoms with E-state index in [1.807, 2.05) is 49.4 Å². The number of aliphatic hydroxyl groups is 2. The van der Waals surface area contributed by atoms with Gasteiger partial charge in [0.25, 0.3) is 0 Å². The second-order valence-electron chi connectivity index (χ2n) is 6.74. The SMILES string of the molecule is CCc1c(C(O)C(N)O)c2c(OCC(=O)OC)cccc2n1Cc1ccccc1. The maximum absolute atomic E-state index is 11.6. The molecule has 0 saturated carbocycles. The van der Waals surface area contributed by atoms with Gasteiger partial charge in [-0.2, -0.15) is 0 Å². The Morgan fingerprint density at radius 2 is 1.86 bits per heavy atom. The van der Waals surface area contributed by atoms with Crippen LogP contribution in [0, 0.1) is 0 Å². The molecule has 0 aliphatic rings. The van der Waals surface area contributed by atoms with E-state index in [9.17, 15) is 15.0 Å². The summed E-state index contributed by atoms with van der Waals surface area (Å²) in [6.45, 7) is 2.29. The summed E-state index contributed by atoms with van der Waals surface area (Å²) in [7, 11) is 1.29. The van der Waals surface area contributed by atoms with E-state index in [2.05, 4.69) is 9.30 Å². The summed E-state index contributed by atoms with van der Waals surface area (Å²) < 4.78 is 12.4. The topological polar surface area (TPSA) is 107 Å². The lowest BCUT2D eigenvalue weighted by atomic mass is 10.0. The van der Waals surface area contributed by atoms with Gasteiger partial charge in [0.05, 0.1) is 12.6 Å². The Morgan fingerprint density at radius 1 is 1.14 bits per heavy atom. The zero-order chi connectivity index (χ0) is 21.0. The first kappa shape index (κ1) is 20.9. The number of esters is 1. The molecular weight excluding hydrogens is 372 g/mol. The number of nitrogens with zero attached hydrogens (tertiary/aromatic N) is 1. The lowest BCUT2D eigenvalue weighted by Crippen LogP contribution is -2.28. The highest BCUT2D eigenvalue weighted by atomic mass is 16.6. The van der Waals surface area contributed by atoms with Crippen molar-refractivity contribution >= 4 is 16.9 Å². The number of aromatic nitrogens is 1. The van der Waals surface area contributed by atoms with Crippen LogP contribution in [0.1, 0.15) is 29.8 Å². The molecule has 0 spiro atoms. The minimum atomic E-state index is -1.45. The van der Waals surface area contributed by atoms with Crippen LogP contribution in [0.4, 0.5) is 0 Å². The molecular formula is C22H26N2O5. The van der Waals surface area contributed by atoms with Crippen molar-refractivity contribution in [3.63, 3.8) is 0 Å². The molecule has 1 heterocycles. The highest BCUT2D eigenvalue weighted by Gasteiger charge is 2.27. The molecule has 29 heavy (non-hydrogen) atoms. The number of carbonyl (C=O) groups is 1. The summed E-state index contributed by atoms with van der Waals surface area (Å²) in [6.07, 6.45) is -2.14. The molecule has 0 aliphatic heterocycles. The maximum Gasteiger partial charge on any atom is 0.343 e. The van der Waals surface area contributed by atoms with Crippen LogP contribution in [0.15, 0.2) is 48.5 Å². The second kappa shape index (κ2) is 9.09. The summed E-state index contributed by atoms with van der Waals surface area (Å²) in [4.78, 5) is 11.6. The molecule has 1 aromatic heterocycles. The third kappa shape index (κ3) is 4.27. The molecule has 0 radical (unpaired) electrons. The van der Waals surface area contributed by atoms with Crippen LogP contribution in [0.25, 0.3) is 10.9 Å². The summed E-state index contributed by atoms with van der Waals surface area (Å²) in [5.41, 5.74) is 8.88. The number of aliphatic hydroxyl groups excluding tert-OH is 2. The number of hydrogen-bond acceptors (Lipinski definition) is 6. The number of fused-ring (bicyclic) bond motifs is 1. The molecule has 0 bridgehead atoms.